The third kappa shape index (κ3) is 8.64. The molecule has 0 radical (unpaired) electrons. The second-order valence-electron chi connectivity index (χ2n) is 14.9. The fraction of sp³-hybridized carbons (Fsp3) is 0.500. The van der Waals surface area contributed by atoms with Crippen LogP contribution < -0.4 is 10.2 Å². The summed E-state index contributed by atoms with van der Waals surface area (Å²) in [4.78, 5) is 46.7. The van der Waals surface area contributed by atoms with Crippen LogP contribution in [0.15, 0.2) is 36.7 Å². The molecule has 1 N–H and O–H groups in total. The number of aromatic nitrogens is 5. The van der Waals surface area contributed by atoms with Gasteiger partial charge in [0, 0.05) is 31.2 Å². The predicted octanol–water partition coefficient (Wildman–Crippen LogP) is 8.19. The highest BCUT2D eigenvalue weighted by molar-refractivity contribution is 5.88. The number of fused-ring (bicyclic) bond motifs is 1. The molecule has 2 amide bonds. The molecule has 0 spiro atoms. The Morgan fingerprint density at radius 1 is 1.00 bits per heavy atom. The number of amides is 2. The molecule has 0 aliphatic carbocycles. The summed E-state index contributed by atoms with van der Waals surface area (Å²) in [6, 6.07) is 6.24. The molecule has 0 bridgehead atoms. The van der Waals surface area contributed by atoms with Crippen molar-refractivity contribution in [2.45, 2.75) is 92.4 Å². The number of hydrogen-bond acceptors (Lipinski definition) is 9. The summed E-state index contributed by atoms with van der Waals surface area (Å²) in [6.07, 6.45) is 3.20. The van der Waals surface area contributed by atoms with E-state index in [1.54, 1.807) is 50.8 Å². The number of nitrogens with zero attached hydrogens (tertiary/aromatic N) is 7. The van der Waals surface area contributed by atoms with Gasteiger partial charge in [0.05, 0.1) is 23.6 Å². The predicted molar refractivity (Wildman–Crippen MR) is 187 cm³/mol. The molecule has 1 fully saturated rings. The summed E-state index contributed by atoms with van der Waals surface area (Å²) in [6.45, 7) is 17.9. The minimum Gasteiger partial charge on any atom is -0.444 e. The number of imidazole rings is 1. The summed E-state index contributed by atoms with van der Waals surface area (Å²) < 4.78 is 43.4. The Kier molecular flexibility index (Phi) is 10.3. The lowest BCUT2D eigenvalue weighted by Crippen LogP contribution is -2.47. The number of rotatable bonds is 7. The molecule has 1 aliphatic heterocycles. The topological polar surface area (TPSA) is 128 Å². The smallest absolute Gasteiger partial charge is 0.414 e. The lowest BCUT2D eigenvalue weighted by Gasteiger charge is -2.36. The first kappa shape index (κ1) is 36.4. The summed E-state index contributed by atoms with van der Waals surface area (Å²) in [7, 11) is 0. The fourth-order valence-corrected chi connectivity index (χ4v) is 5.99. The van der Waals surface area contributed by atoms with Crippen LogP contribution in [-0.4, -0.2) is 72.4 Å². The maximum Gasteiger partial charge on any atom is 0.414 e. The largest absolute Gasteiger partial charge is 0.444 e. The summed E-state index contributed by atoms with van der Waals surface area (Å²) >= 11 is 0. The van der Waals surface area contributed by atoms with Crippen molar-refractivity contribution in [3.63, 3.8) is 0 Å². The van der Waals surface area contributed by atoms with Gasteiger partial charge in [0.25, 0.3) is 0 Å². The third-order valence-corrected chi connectivity index (χ3v) is 7.98. The number of pyridine rings is 1. The maximum atomic E-state index is 15.2. The number of likely N-dealkylation sites (tertiary alicyclic amines) is 1. The molecule has 1 unspecified atom stereocenters. The van der Waals surface area contributed by atoms with Gasteiger partial charge in [0.1, 0.15) is 34.1 Å². The van der Waals surface area contributed by atoms with Gasteiger partial charge in [-0.1, -0.05) is 0 Å². The van der Waals surface area contributed by atoms with E-state index in [0.717, 1.165) is 19.0 Å². The first-order chi connectivity index (χ1) is 23.4. The molecular weight excluding hydrogens is 646 g/mol. The number of carbonyl (C=O) groups is 2. The van der Waals surface area contributed by atoms with Gasteiger partial charge in [-0.05, 0) is 105 Å². The van der Waals surface area contributed by atoms with Crippen LogP contribution in [0.1, 0.15) is 80.1 Å². The zero-order valence-corrected chi connectivity index (χ0v) is 30.2. The van der Waals surface area contributed by atoms with Crippen LogP contribution in [0.5, 0.6) is 0 Å². The molecule has 5 rings (SSSR count). The number of carbonyl (C=O) groups excluding carboxylic acids is 2. The van der Waals surface area contributed by atoms with Gasteiger partial charge in [0.15, 0.2) is 11.6 Å². The lowest BCUT2D eigenvalue weighted by atomic mass is 9.97. The van der Waals surface area contributed by atoms with Crippen LogP contribution in [0.3, 0.4) is 0 Å². The summed E-state index contributed by atoms with van der Waals surface area (Å²) in [5, 5.41) is 2.97. The first-order valence-electron chi connectivity index (χ1n) is 16.8. The van der Waals surface area contributed by atoms with Crippen LogP contribution in [0.2, 0.25) is 0 Å². The number of benzene rings is 1. The van der Waals surface area contributed by atoms with Crippen molar-refractivity contribution in [3.05, 3.63) is 54.1 Å². The van der Waals surface area contributed by atoms with Crippen LogP contribution in [-0.2, 0) is 9.47 Å². The lowest BCUT2D eigenvalue weighted by molar-refractivity contribution is 0.0168. The number of hydrogen-bond donors (Lipinski definition) is 1. The van der Waals surface area contributed by atoms with Crippen LogP contribution in [0.4, 0.5) is 35.8 Å². The van der Waals surface area contributed by atoms with Gasteiger partial charge in [-0.3, -0.25) is 4.90 Å². The Morgan fingerprint density at radius 2 is 1.72 bits per heavy atom. The molecule has 12 nitrogen and oxygen atoms in total. The van der Waals surface area contributed by atoms with Crippen molar-refractivity contribution in [1.29, 1.82) is 0 Å². The van der Waals surface area contributed by atoms with Crippen molar-refractivity contribution in [2.75, 3.05) is 29.9 Å². The van der Waals surface area contributed by atoms with Gasteiger partial charge in [-0.2, -0.15) is 0 Å². The van der Waals surface area contributed by atoms with Gasteiger partial charge in [0.2, 0.25) is 5.95 Å². The normalized spacial score (nSPS) is 15.4. The van der Waals surface area contributed by atoms with Crippen molar-refractivity contribution < 1.29 is 27.8 Å². The van der Waals surface area contributed by atoms with Gasteiger partial charge in [-0.15, -0.1) is 0 Å². The van der Waals surface area contributed by atoms with Crippen LogP contribution in [0, 0.1) is 24.5 Å². The third-order valence-electron chi connectivity index (χ3n) is 7.98. The van der Waals surface area contributed by atoms with Crippen molar-refractivity contribution in [1.82, 2.24) is 29.4 Å². The molecule has 1 aromatic carbocycles. The zero-order chi connectivity index (χ0) is 36.5. The van der Waals surface area contributed by atoms with E-state index >= 15 is 8.78 Å². The van der Waals surface area contributed by atoms with Crippen molar-refractivity contribution in [2.24, 2.45) is 5.92 Å². The number of halogens is 2. The second kappa shape index (κ2) is 14.2. The molecule has 4 heterocycles. The maximum absolute atomic E-state index is 15.2. The molecule has 3 aromatic heterocycles. The van der Waals surface area contributed by atoms with Crippen LogP contribution in [0.25, 0.3) is 22.3 Å². The quantitative estimate of drug-likeness (QED) is 0.204. The van der Waals surface area contributed by atoms with Crippen molar-refractivity contribution >= 4 is 40.7 Å². The van der Waals surface area contributed by atoms with E-state index in [1.807, 2.05) is 39.2 Å². The number of nitrogens with one attached hydrogen (secondary N) is 1. The fourth-order valence-electron chi connectivity index (χ4n) is 5.99. The summed E-state index contributed by atoms with van der Waals surface area (Å²) in [5.41, 5.74) is 0.0391. The number of piperidine rings is 1. The highest BCUT2D eigenvalue weighted by Gasteiger charge is 2.32. The highest BCUT2D eigenvalue weighted by atomic mass is 19.1. The number of ether oxygens (including phenoxy) is 2. The standard InChI is InChI=1S/C36H46F2N8O4/c1-21(2)46-22(3)41-31-26(37)15-24(16-28(31)46)30-27(38)18-40-32(43-30)42-29-13-12-25(17-39-29)45(34(48)50-36(7,8)9)20-23-11-10-14-44(19-23)33(47)49-35(4,5)6/h12-13,15-18,21,23H,10-11,14,19-20H2,1-9H3,(H,39,40,42,43). The van der Waals surface area contributed by atoms with E-state index in [9.17, 15) is 9.59 Å². The van der Waals surface area contributed by atoms with E-state index in [1.165, 1.54) is 17.2 Å². The van der Waals surface area contributed by atoms with Gasteiger partial charge >= 0.3 is 12.2 Å². The SMILES string of the molecule is Cc1nc2c(F)cc(-c3nc(Nc4ccc(N(CC5CCCN(C(=O)OC(C)(C)C)C5)C(=O)OC(C)(C)C)cn4)ncc3F)cc2n1C(C)C. The molecule has 4 aromatic rings. The average molecular weight is 693 g/mol. The Labute approximate surface area is 291 Å². The van der Waals surface area contributed by atoms with Crippen LogP contribution >= 0.6 is 0 Å². The molecule has 14 heteroatoms. The van der Waals surface area contributed by atoms with Crippen molar-refractivity contribution in [3.8, 4) is 11.3 Å². The number of aryl methyl sites for hydroxylation is 1. The second-order valence-corrected chi connectivity index (χ2v) is 14.9. The molecule has 1 saturated heterocycles. The minimum atomic E-state index is -0.738. The van der Waals surface area contributed by atoms with E-state index in [-0.39, 0.29) is 40.8 Å². The van der Waals surface area contributed by atoms with E-state index in [2.05, 4.69) is 25.3 Å². The number of anilines is 3. The molecule has 268 valence electrons. The Hall–Kier alpha value is -4.88. The minimum absolute atomic E-state index is 0.0111. The van der Waals surface area contributed by atoms with Gasteiger partial charge < -0.3 is 24.3 Å². The zero-order valence-electron chi connectivity index (χ0n) is 30.2. The Morgan fingerprint density at radius 3 is 2.36 bits per heavy atom. The molecule has 0 saturated carbocycles. The average Bonchev–Trinajstić information content (AvgIpc) is 3.36. The molecule has 1 atom stereocenters. The van der Waals surface area contributed by atoms with Gasteiger partial charge in [-0.25, -0.2) is 38.3 Å². The van der Waals surface area contributed by atoms with E-state index < -0.39 is 28.9 Å². The molecule has 1 aliphatic rings. The molecular formula is C36H46F2N8O4. The van der Waals surface area contributed by atoms with E-state index in [4.69, 9.17) is 9.47 Å². The first-order valence-corrected chi connectivity index (χ1v) is 16.8. The Bertz CT molecular complexity index is 1870. The monoisotopic (exact) mass is 692 g/mol. The Balaban J connectivity index is 1.37. The summed E-state index contributed by atoms with van der Waals surface area (Å²) in [5.74, 6) is -0.294. The molecule has 50 heavy (non-hydrogen) atoms. The highest BCUT2D eigenvalue weighted by Crippen LogP contribution is 2.31. The van der Waals surface area contributed by atoms with E-state index in [0.29, 0.717) is 42.5 Å².